The van der Waals surface area contributed by atoms with E-state index in [-0.39, 0.29) is 5.91 Å². The van der Waals surface area contributed by atoms with Gasteiger partial charge in [0, 0.05) is 17.7 Å². The molecule has 1 N–H and O–H groups in total. The molecule has 3 aromatic carbocycles. The topological polar surface area (TPSA) is 64.4 Å². The Morgan fingerprint density at radius 1 is 0.968 bits per heavy atom. The monoisotopic (exact) mass is 412 g/mol. The van der Waals surface area contributed by atoms with Crippen LogP contribution in [0.25, 0.3) is 22.8 Å². The van der Waals surface area contributed by atoms with Gasteiger partial charge in [0.1, 0.15) is 5.75 Å². The lowest BCUT2D eigenvalue weighted by Crippen LogP contribution is -2.25. The quantitative estimate of drug-likeness (QED) is 0.395. The van der Waals surface area contributed by atoms with Crippen molar-refractivity contribution in [1.82, 2.24) is 10.3 Å². The van der Waals surface area contributed by atoms with Crippen LogP contribution in [0.4, 0.5) is 0 Å². The van der Waals surface area contributed by atoms with Crippen LogP contribution in [0.2, 0.25) is 0 Å². The average Bonchev–Trinajstić information content (AvgIpc) is 3.33. The molecule has 1 aromatic heterocycles. The zero-order chi connectivity index (χ0) is 21.5. The molecule has 0 fully saturated rings. The summed E-state index contributed by atoms with van der Waals surface area (Å²) in [7, 11) is 1.66. The molecule has 156 valence electrons. The summed E-state index contributed by atoms with van der Waals surface area (Å²) in [5.41, 5.74) is 3.39. The van der Waals surface area contributed by atoms with E-state index in [2.05, 4.69) is 10.3 Å². The van der Waals surface area contributed by atoms with E-state index in [0.717, 1.165) is 24.2 Å². The lowest BCUT2D eigenvalue weighted by Gasteiger charge is -2.09. The van der Waals surface area contributed by atoms with Crippen LogP contribution in [-0.4, -0.2) is 24.5 Å². The van der Waals surface area contributed by atoms with Gasteiger partial charge in [-0.05, 0) is 42.7 Å². The smallest absolute Gasteiger partial charge is 0.252 e. The number of carbonyl (C=O) groups is 1. The molecule has 0 saturated carbocycles. The van der Waals surface area contributed by atoms with Crippen LogP contribution >= 0.6 is 0 Å². The number of aryl methyl sites for hydroxylation is 1. The lowest BCUT2D eigenvalue weighted by molar-refractivity contribution is 0.0953. The Bertz CT molecular complexity index is 1130. The predicted octanol–water partition coefficient (Wildman–Crippen LogP) is 5.38. The molecule has 5 nitrogen and oxygen atoms in total. The Balaban J connectivity index is 1.40. The molecule has 1 amide bonds. The Kier molecular flexibility index (Phi) is 6.43. The second-order valence-electron chi connectivity index (χ2n) is 7.15. The number of nitrogens with one attached hydrogen (secondary N) is 1. The number of carbonyl (C=O) groups excluding carboxylic acids is 1. The molecule has 5 heteroatoms. The number of nitrogens with zero attached hydrogens (tertiary/aromatic N) is 1. The largest absolute Gasteiger partial charge is 0.497 e. The van der Waals surface area contributed by atoms with Crippen molar-refractivity contribution in [2.45, 2.75) is 12.8 Å². The minimum atomic E-state index is -0.134. The number of hydrogen-bond donors (Lipinski definition) is 1. The van der Waals surface area contributed by atoms with E-state index >= 15 is 0 Å². The number of methoxy groups -OCH3 is 1. The van der Waals surface area contributed by atoms with E-state index in [1.54, 1.807) is 19.4 Å². The van der Waals surface area contributed by atoms with Gasteiger partial charge >= 0.3 is 0 Å². The van der Waals surface area contributed by atoms with Crippen molar-refractivity contribution in [3.05, 3.63) is 96.2 Å². The van der Waals surface area contributed by atoms with Crippen molar-refractivity contribution in [3.63, 3.8) is 0 Å². The van der Waals surface area contributed by atoms with Crippen LogP contribution in [0, 0.1) is 0 Å². The van der Waals surface area contributed by atoms with Crippen LogP contribution in [-0.2, 0) is 6.42 Å². The summed E-state index contributed by atoms with van der Waals surface area (Å²) in [6.07, 6.45) is 3.41. The van der Waals surface area contributed by atoms with Gasteiger partial charge < -0.3 is 14.5 Å². The van der Waals surface area contributed by atoms with Crippen molar-refractivity contribution >= 4 is 5.91 Å². The summed E-state index contributed by atoms with van der Waals surface area (Å²) in [5.74, 6) is 1.81. The van der Waals surface area contributed by atoms with E-state index in [4.69, 9.17) is 9.15 Å². The molecule has 0 aliphatic rings. The summed E-state index contributed by atoms with van der Waals surface area (Å²) >= 11 is 0. The molecule has 0 saturated heterocycles. The van der Waals surface area contributed by atoms with Gasteiger partial charge in [-0.2, -0.15) is 0 Å². The number of oxazole rings is 1. The van der Waals surface area contributed by atoms with Crippen molar-refractivity contribution in [2.24, 2.45) is 0 Å². The van der Waals surface area contributed by atoms with Crippen LogP contribution in [0.5, 0.6) is 5.75 Å². The molecule has 0 unspecified atom stereocenters. The number of rotatable bonds is 8. The average molecular weight is 412 g/mol. The van der Waals surface area contributed by atoms with Gasteiger partial charge in [-0.3, -0.25) is 4.79 Å². The minimum Gasteiger partial charge on any atom is -0.497 e. The highest BCUT2D eigenvalue weighted by atomic mass is 16.5. The van der Waals surface area contributed by atoms with Crippen LogP contribution in [0.1, 0.15) is 22.3 Å². The van der Waals surface area contributed by atoms with Crippen LogP contribution < -0.4 is 10.1 Å². The third-order valence-corrected chi connectivity index (χ3v) is 5.05. The van der Waals surface area contributed by atoms with Gasteiger partial charge in [-0.15, -0.1) is 0 Å². The third kappa shape index (κ3) is 5.01. The van der Waals surface area contributed by atoms with Crippen molar-refractivity contribution in [2.75, 3.05) is 13.7 Å². The molecule has 31 heavy (non-hydrogen) atoms. The number of aromatic nitrogens is 1. The summed E-state index contributed by atoms with van der Waals surface area (Å²) in [5, 5.41) is 3.01. The zero-order valence-corrected chi connectivity index (χ0v) is 17.4. The van der Waals surface area contributed by atoms with Crippen molar-refractivity contribution in [1.29, 1.82) is 0 Å². The van der Waals surface area contributed by atoms with Crippen molar-refractivity contribution in [3.8, 4) is 28.5 Å². The molecule has 4 rings (SSSR count). The molecule has 0 atom stereocenters. The predicted molar refractivity (Wildman–Crippen MR) is 121 cm³/mol. The Hall–Kier alpha value is -3.86. The van der Waals surface area contributed by atoms with E-state index in [0.29, 0.717) is 29.3 Å². The third-order valence-electron chi connectivity index (χ3n) is 5.05. The summed E-state index contributed by atoms with van der Waals surface area (Å²) in [6, 6.07) is 25.1. The van der Waals surface area contributed by atoms with E-state index in [1.165, 1.54) is 5.56 Å². The normalized spacial score (nSPS) is 10.6. The molecule has 0 radical (unpaired) electrons. The van der Waals surface area contributed by atoms with Crippen LogP contribution in [0.3, 0.4) is 0 Å². The standard InChI is InChI=1S/C26H24N2O3/c1-30-21-15-13-19(14-16-21)8-7-17-27-25(29)22-11-5-6-12-23(22)26-28-18-24(31-26)20-9-3-2-4-10-20/h2-6,9-16,18H,7-8,17H2,1H3,(H,27,29). The summed E-state index contributed by atoms with van der Waals surface area (Å²) in [6.45, 7) is 0.583. The number of hydrogen-bond acceptors (Lipinski definition) is 4. The number of amides is 1. The fourth-order valence-electron chi connectivity index (χ4n) is 3.38. The minimum absolute atomic E-state index is 0.134. The fraction of sp³-hybridized carbons (Fsp3) is 0.154. The first-order valence-electron chi connectivity index (χ1n) is 10.3. The second kappa shape index (κ2) is 9.76. The molecule has 1 heterocycles. The Morgan fingerprint density at radius 2 is 1.71 bits per heavy atom. The van der Waals surface area contributed by atoms with Gasteiger partial charge in [0.2, 0.25) is 5.89 Å². The molecular weight excluding hydrogens is 388 g/mol. The first-order chi connectivity index (χ1) is 15.2. The van der Waals surface area contributed by atoms with Gasteiger partial charge in [-0.25, -0.2) is 4.98 Å². The van der Waals surface area contributed by atoms with E-state index in [1.807, 2.05) is 72.8 Å². The van der Waals surface area contributed by atoms with Gasteiger partial charge in [-0.1, -0.05) is 54.6 Å². The molecule has 0 aliphatic carbocycles. The number of ether oxygens (including phenoxy) is 1. The molecule has 0 bridgehead atoms. The molecule has 0 aliphatic heterocycles. The van der Waals surface area contributed by atoms with Crippen molar-refractivity contribution < 1.29 is 13.9 Å². The van der Waals surface area contributed by atoms with Crippen LogP contribution in [0.15, 0.2) is 89.5 Å². The highest BCUT2D eigenvalue weighted by molar-refractivity contribution is 6.00. The lowest BCUT2D eigenvalue weighted by atomic mass is 10.1. The van der Waals surface area contributed by atoms with Gasteiger partial charge in [0.15, 0.2) is 5.76 Å². The fourth-order valence-corrected chi connectivity index (χ4v) is 3.38. The highest BCUT2D eigenvalue weighted by Gasteiger charge is 2.16. The number of benzene rings is 3. The Labute approximate surface area is 181 Å². The van der Waals surface area contributed by atoms with Gasteiger partial charge in [0.25, 0.3) is 5.91 Å². The zero-order valence-electron chi connectivity index (χ0n) is 17.4. The maximum absolute atomic E-state index is 12.8. The highest BCUT2D eigenvalue weighted by Crippen LogP contribution is 2.28. The SMILES string of the molecule is COc1ccc(CCCNC(=O)c2ccccc2-c2ncc(-c3ccccc3)o2)cc1. The summed E-state index contributed by atoms with van der Waals surface area (Å²) in [4.78, 5) is 17.2. The molecular formula is C26H24N2O3. The summed E-state index contributed by atoms with van der Waals surface area (Å²) < 4.78 is 11.1. The van der Waals surface area contributed by atoms with E-state index < -0.39 is 0 Å². The molecule has 4 aromatic rings. The first-order valence-corrected chi connectivity index (χ1v) is 10.3. The maximum Gasteiger partial charge on any atom is 0.252 e. The van der Waals surface area contributed by atoms with Gasteiger partial charge in [0.05, 0.1) is 18.9 Å². The maximum atomic E-state index is 12.8. The first kappa shape index (κ1) is 20.4. The Morgan fingerprint density at radius 3 is 2.48 bits per heavy atom. The second-order valence-corrected chi connectivity index (χ2v) is 7.15. The molecule has 0 spiro atoms. The van der Waals surface area contributed by atoms with E-state index in [9.17, 15) is 4.79 Å².